The molecule has 1 atom stereocenters. The van der Waals surface area contributed by atoms with Crippen LogP contribution in [0, 0.1) is 0 Å². The quantitative estimate of drug-likeness (QED) is 0.630. The summed E-state index contributed by atoms with van der Waals surface area (Å²) in [5.41, 5.74) is 2.92. The molecule has 3 rings (SSSR count). The van der Waals surface area contributed by atoms with E-state index in [1.165, 1.54) is 6.33 Å². The molecule has 0 aliphatic heterocycles. The van der Waals surface area contributed by atoms with Crippen LogP contribution in [0.1, 0.15) is 24.1 Å². The van der Waals surface area contributed by atoms with E-state index < -0.39 is 0 Å². The average Bonchev–Trinajstić information content (AvgIpc) is 3.26. The van der Waals surface area contributed by atoms with Crippen LogP contribution in [0.3, 0.4) is 0 Å². The van der Waals surface area contributed by atoms with Crippen molar-refractivity contribution in [3.8, 4) is 11.4 Å². The highest BCUT2D eigenvalue weighted by molar-refractivity contribution is 5.91. The van der Waals surface area contributed by atoms with Crippen molar-refractivity contribution >= 4 is 12.0 Å². The van der Waals surface area contributed by atoms with E-state index in [1.54, 1.807) is 42.2 Å². The number of hydrogen-bond acceptors (Lipinski definition) is 4. The Labute approximate surface area is 158 Å². The summed E-state index contributed by atoms with van der Waals surface area (Å²) < 4.78 is 6.83. The predicted octanol–water partition coefficient (Wildman–Crippen LogP) is 3.51. The number of methoxy groups -OCH3 is 1. The molecule has 0 radical (unpaired) electrons. The molecule has 0 aliphatic rings. The van der Waals surface area contributed by atoms with Gasteiger partial charge < -0.3 is 9.64 Å². The summed E-state index contributed by atoms with van der Waals surface area (Å²) in [5, 5.41) is 4.11. The second kappa shape index (κ2) is 8.31. The molecule has 0 N–H and O–H groups in total. The third-order valence-corrected chi connectivity index (χ3v) is 4.52. The Morgan fingerprint density at radius 3 is 2.44 bits per heavy atom. The predicted molar refractivity (Wildman–Crippen MR) is 105 cm³/mol. The molecule has 1 heterocycles. The average molecular weight is 362 g/mol. The zero-order valence-electron chi connectivity index (χ0n) is 15.6. The van der Waals surface area contributed by atoms with Crippen LogP contribution in [-0.2, 0) is 4.79 Å². The van der Waals surface area contributed by atoms with Gasteiger partial charge in [-0.3, -0.25) is 4.79 Å². The number of benzene rings is 2. The van der Waals surface area contributed by atoms with Gasteiger partial charge in [0.25, 0.3) is 0 Å². The van der Waals surface area contributed by atoms with E-state index in [0.29, 0.717) is 0 Å². The van der Waals surface area contributed by atoms with Crippen LogP contribution in [0.25, 0.3) is 11.8 Å². The van der Waals surface area contributed by atoms with Crippen molar-refractivity contribution in [1.82, 2.24) is 19.7 Å². The zero-order chi connectivity index (χ0) is 19.2. The third kappa shape index (κ3) is 4.41. The molecule has 0 bridgehead atoms. The first-order chi connectivity index (χ1) is 13.1. The largest absolute Gasteiger partial charge is 0.497 e. The molecule has 0 saturated heterocycles. The maximum absolute atomic E-state index is 12.5. The number of carbonyl (C=O) groups excluding carboxylic acids is 1. The second-order valence-electron chi connectivity index (χ2n) is 6.16. The van der Waals surface area contributed by atoms with Gasteiger partial charge in [0.15, 0.2) is 0 Å². The molecule has 1 unspecified atom stereocenters. The minimum Gasteiger partial charge on any atom is -0.497 e. The molecular weight excluding hydrogens is 340 g/mol. The van der Waals surface area contributed by atoms with Gasteiger partial charge in [-0.05, 0) is 48.4 Å². The fraction of sp³-hybridized carbons (Fsp3) is 0.190. The summed E-state index contributed by atoms with van der Waals surface area (Å²) in [6.45, 7) is 2.00. The summed E-state index contributed by atoms with van der Waals surface area (Å²) in [5.74, 6) is 0.734. The topological polar surface area (TPSA) is 60.2 Å². The van der Waals surface area contributed by atoms with Crippen molar-refractivity contribution in [2.45, 2.75) is 13.0 Å². The summed E-state index contributed by atoms with van der Waals surface area (Å²) in [6, 6.07) is 15.4. The second-order valence-corrected chi connectivity index (χ2v) is 6.16. The molecule has 6 nitrogen and oxygen atoms in total. The van der Waals surface area contributed by atoms with Crippen LogP contribution >= 0.6 is 0 Å². The van der Waals surface area contributed by atoms with Gasteiger partial charge in [-0.2, -0.15) is 5.10 Å². The van der Waals surface area contributed by atoms with E-state index in [-0.39, 0.29) is 11.9 Å². The molecule has 3 aromatic rings. The third-order valence-electron chi connectivity index (χ3n) is 4.52. The van der Waals surface area contributed by atoms with Crippen LogP contribution in [0.5, 0.6) is 5.75 Å². The summed E-state index contributed by atoms with van der Waals surface area (Å²) in [4.78, 5) is 18.2. The first kappa shape index (κ1) is 18.4. The molecule has 6 heteroatoms. The van der Waals surface area contributed by atoms with Gasteiger partial charge in [-0.25, -0.2) is 9.67 Å². The molecule has 0 fully saturated rings. The fourth-order valence-electron chi connectivity index (χ4n) is 2.66. The lowest BCUT2D eigenvalue weighted by molar-refractivity contribution is -0.126. The van der Waals surface area contributed by atoms with Crippen LogP contribution in [0.4, 0.5) is 0 Å². The van der Waals surface area contributed by atoms with Gasteiger partial charge in [0.2, 0.25) is 5.91 Å². The monoisotopic (exact) mass is 362 g/mol. The Kier molecular flexibility index (Phi) is 5.66. The van der Waals surface area contributed by atoms with Crippen molar-refractivity contribution in [3.63, 3.8) is 0 Å². The van der Waals surface area contributed by atoms with Gasteiger partial charge >= 0.3 is 0 Å². The van der Waals surface area contributed by atoms with Crippen LogP contribution < -0.4 is 4.74 Å². The number of aromatic nitrogens is 3. The smallest absolute Gasteiger partial charge is 0.246 e. The van der Waals surface area contributed by atoms with Gasteiger partial charge in [-0.15, -0.1) is 0 Å². The minimum absolute atomic E-state index is 0.0530. The van der Waals surface area contributed by atoms with Gasteiger partial charge in [0.1, 0.15) is 18.4 Å². The Hall–Kier alpha value is -3.41. The number of ether oxygens (including phenoxy) is 1. The summed E-state index contributed by atoms with van der Waals surface area (Å²) >= 11 is 0. The van der Waals surface area contributed by atoms with E-state index in [1.807, 2.05) is 55.5 Å². The van der Waals surface area contributed by atoms with Crippen LogP contribution in [0.15, 0.2) is 67.3 Å². The molecule has 0 spiro atoms. The highest BCUT2D eigenvalue weighted by Crippen LogP contribution is 2.21. The minimum atomic E-state index is -0.0568. The highest BCUT2D eigenvalue weighted by Gasteiger charge is 2.15. The van der Waals surface area contributed by atoms with Gasteiger partial charge in [0.05, 0.1) is 18.8 Å². The van der Waals surface area contributed by atoms with Crippen molar-refractivity contribution in [1.29, 1.82) is 0 Å². The highest BCUT2D eigenvalue weighted by atomic mass is 16.5. The molecule has 27 heavy (non-hydrogen) atoms. The number of rotatable bonds is 6. The van der Waals surface area contributed by atoms with Crippen molar-refractivity contribution in [2.75, 3.05) is 14.2 Å². The summed E-state index contributed by atoms with van der Waals surface area (Å²) in [6.07, 6.45) is 6.54. The standard InChI is InChI=1S/C21H22N4O2/c1-16(18-7-9-19(10-8-18)25-15-22-14-23-25)24(2)21(26)13-6-17-4-11-20(27-3)12-5-17/h4-16H,1-3H3/b13-6+. The van der Waals surface area contributed by atoms with E-state index in [2.05, 4.69) is 10.1 Å². The number of carbonyl (C=O) groups is 1. The number of nitrogens with zero attached hydrogens (tertiary/aromatic N) is 4. The fourth-order valence-corrected chi connectivity index (χ4v) is 2.66. The zero-order valence-corrected chi connectivity index (χ0v) is 15.6. The van der Waals surface area contributed by atoms with Crippen molar-refractivity contribution in [2.24, 2.45) is 0 Å². The first-order valence-corrected chi connectivity index (χ1v) is 8.62. The van der Waals surface area contributed by atoms with Crippen LogP contribution in [0.2, 0.25) is 0 Å². The number of amides is 1. The van der Waals surface area contributed by atoms with E-state index in [9.17, 15) is 4.79 Å². The van der Waals surface area contributed by atoms with Crippen molar-refractivity contribution < 1.29 is 9.53 Å². The maximum atomic E-state index is 12.5. The molecule has 0 saturated carbocycles. The Bertz CT molecular complexity index is 900. The summed E-state index contributed by atoms with van der Waals surface area (Å²) in [7, 11) is 3.43. The lowest BCUT2D eigenvalue weighted by Crippen LogP contribution is -2.27. The van der Waals surface area contributed by atoms with Crippen molar-refractivity contribution in [3.05, 3.63) is 78.4 Å². The molecule has 1 aromatic heterocycles. The Morgan fingerprint density at radius 1 is 1.15 bits per heavy atom. The lowest BCUT2D eigenvalue weighted by Gasteiger charge is -2.24. The SMILES string of the molecule is COc1ccc(/C=C/C(=O)N(C)C(C)c2ccc(-n3cncn3)cc2)cc1. The van der Waals surface area contributed by atoms with Gasteiger partial charge in [-0.1, -0.05) is 24.3 Å². The maximum Gasteiger partial charge on any atom is 0.246 e. The van der Waals surface area contributed by atoms with Crippen LogP contribution in [-0.4, -0.2) is 39.7 Å². The Morgan fingerprint density at radius 2 is 1.85 bits per heavy atom. The number of hydrogen-bond donors (Lipinski definition) is 0. The van der Waals surface area contributed by atoms with E-state index in [0.717, 1.165) is 22.6 Å². The van der Waals surface area contributed by atoms with E-state index in [4.69, 9.17) is 4.74 Å². The molecule has 2 aromatic carbocycles. The Balaban J connectivity index is 1.65. The molecule has 0 aliphatic carbocycles. The van der Waals surface area contributed by atoms with Gasteiger partial charge in [0, 0.05) is 13.1 Å². The molecular formula is C21H22N4O2. The van der Waals surface area contributed by atoms with E-state index >= 15 is 0 Å². The molecule has 138 valence electrons. The molecule has 1 amide bonds. The number of likely N-dealkylation sites (N-methyl/N-ethyl adjacent to an activating group) is 1. The normalized spacial score (nSPS) is 12.1. The lowest BCUT2D eigenvalue weighted by atomic mass is 10.1. The first-order valence-electron chi connectivity index (χ1n) is 8.62.